The fourth-order valence-electron chi connectivity index (χ4n) is 2.47. The monoisotopic (exact) mass is 249 g/mol. The van der Waals surface area contributed by atoms with Gasteiger partial charge in [0.2, 0.25) is 0 Å². The normalized spacial score (nSPS) is 22.7. The van der Waals surface area contributed by atoms with Crippen molar-refractivity contribution in [3.05, 3.63) is 30.3 Å². The Morgan fingerprint density at radius 2 is 2.00 bits per heavy atom. The van der Waals surface area contributed by atoms with E-state index in [4.69, 9.17) is 4.74 Å². The van der Waals surface area contributed by atoms with Crippen molar-refractivity contribution >= 4 is 6.09 Å². The number of rotatable bonds is 4. The van der Waals surface area contributed by atoms with Gasteiger partial charge in [0.15, 0.2) is 0 Å². The fraction of sp³-hybridized carbons (Fsp3) is 0.500. The first-order chi connectivity index (χ1) is 8.79. The van der Waals surface area contributed by atoms with Crippen LogP contribution in [-0.2, 0) is 0 Å². The number of carbonyl (C=O) groups excluding carboxylic acids is 1. The van der Waals surface area contributed by atoms with Crippen molar-refractivity contribution in [2.45, 2.75) is 19.3 Å². The van der Waals surface area contributed by atoms with Gasteiger partial charge in [-0.1, -0.05) is 24.6 Å². The zero-order chi connectivity index (χ0) is 12.8. The molecule has 1 amide bonds. The Bertz CT molecular complexity index is 380. The van der Waals surface area contributed by atoms with Gasteiger partial charge in [-0.3, -0.25) is 0 Å². The predicted octanol–water partition coefficient (Wildman–Crippen LogP) is 2.18. The number of ether oxygens (including phenoxy) is 1. The van der Waals surface area contributed by atoms with Gasteiger partial charge in [-0.15, -0.1) is 0 Å². The quantitative estimate of drug-likeness (QED) is 0.860. The van der Waals surface area contributed by atoms with Crippen LogP contribution in [0, 0.1) is 11.8 Å². The summed E-state index contributed by atoms with van der Waals surface area (Å²) in [5.74, 6) is 1.24. The lowest BCUT2D eigenvalue weighted by Gasteiger charge is -2.17. The van der Waals surface area contributed by atoms with E-state index in [9.17, 15) is 9.90 Å². The van der Waals surface area contributed by atoms with Crippen LogP contribution in [0.4, 0.5) is 4.79 Å². The molecule has 2 atom stereocenters. The van der Waals surface area contributed by atoms with E-state index in [0.29, 0.717) is 24.1 Å². The number of hydrogen-bond donors (Lipinski definition) is 2. The standard InChI is InChI=1S/C14H19NO3/c16-10-12-6-4-5-11(12)9-15-14(17)18-13-7-2-1-3-8-13/h1-3,7-8,11-12,16H,4-6,9-10H2,(H,15,17). The van der Waals surface area contributed by atoms with Crippen LogP contribution in [0.5, 0.6) is 5.75 Å². The van der Waals surface area contributed by atoms with Gasteiger partial charge < -0.3 is 15.2 Å². The lowest BCUT2D eigenvalue weighted by Crippen LogP contribution is -2.33. The summed E-state index contributed by atoms with van der Waals surface area (Å²) in [5, 5.41) is 12.0. The third kappa shape index (κ3) is 3.47. The molecule has 0 radical (unpaired) electrons. The summed E-state index contributed by atoms with van der Waals surface area (Å²) in [4.78, 5) is 11.6. The second-order valence-electron chi connectivity index (χ2n) is 4.72. The van der Waals surface area contributed by atoms with Crippen LogP contribution in [0.25, 0.3) is 0 Å². The minimum Gasteiger partial charge on any atom is -0.410 e. The van der Waals surface area contributed by atoms with E-state index in [1.807, 2.05) is 18.2 Å². The highest BCUT2D eigenvalue weighted by Crippen LogP contribution is 2.30. The molecule has 0 saturated heterocycles. The average molecular weight is 249 g/mol. The molecule has 4 heteroatoms. The molecule has 18 heavy (non-hydrogen) atoms. The van der Waals surface area contributed by atoms with Gasteiger partial charge in [-0.2, -0.15) is 0 Å². The number of nitrogens with one attached hydrogen (secondary N) is 1. The summed E-state index contributed by atoms with van der Waals surface area (Å²) in [5.41, 5.74) is 0. The molecule has 0 heterocycles. The highest BCUT2D eigenvalue weighted by Gasteiger charge is 2.26. The van der Waals surface area contributed by atoms with Crippen LogP contribution in [0.15, 0.2) is 30.3 Å². The number of amides is 1. The molecule has 1 aliphatic rings. The van der Waals surface area contributed by atoms with Crippen molar-refractivity contribution < 1.29 is 14.6 Å². The fourth-order valence-corrected chi connectivity index (χ4v) is 2.47. The Labute approximate surface area is 107 Å². The van der Waals surface area contributed by atoms with Crippen molar-refractivity contribution in [2.75, 3.05) is 13.2 Å². The maximum atomic E-state index is 11.6. The van der Waals surface area contributed by atoms with Crippen LogP contribution in [-0.4, -0.2) is 24.4 Å². The molecule has 0 bridgehead atoms. The van der Waals surface area contributed by atoms with Crippen molar-refractivity contribution in [3.8, 4) is 5.75 Å². The minimum atomic E-state index is -0.426. The van der Waals surface area contributed by atoms with E-state index < -0.39 is 6.09 Å². The van der Waals surface area contributed by atoms with Crippen molar-refractivity contribution in [3.63, 3.8) is 0 Å². The van der Waals surface area contributed by atoms with Crippen LogP contribution in [0.3, 0.4) is 0 Å². The summed E-state index contributed by atoms with van der Waals surface area (Å²) in [6.45, 7) is 0.789. The molecule has 2 rings (SSSR count). The van der Waals surface area contributed by atoms with E-state index in [2.05, 4.69) is 5.32 Å². The van der Waals surface area contributed by atoms with Crippen molar-refractivity contribution in [1.29, 1.82) is 0 Å². The number of aliphatic hydroxyl groups excluding tert-OH is 1. The van der Waals surface area contributed by atoms with Gasteiger partial charge in [0, 0.05) is 13.2 Å². The van der Waals surface area contributed by atoms with Gasteiger partial charge in [-0.25, -0.2) is 4.79 Å². The molecule has 0 aromatic heterocycles. The van der Waals surface area contributed by atoms with Crippen molar-refractivity contribution in [1.82, 2.24) is 5.32 Å². The zero-order valence-electron chi connectivity index (χ0n) is 10.3. The molecule has 1 aliphatic carbocycles. The van der Waals surface area contributed by atoms with Crippen LogP contribution in [0.2, 0.25) is 0 Å². The average Bonchev–Trinajstić information content (AvgIpc) is 2.85. The third-order valence-electron chi connectivity index (χ3n) is 3.51. The Kier molecular flexibility index (Phi) is 4.59. The molecular weight excluding hydrogens is 230 g/mol. The smallest absolute Gasteiger partial charge is 0.410 e. The van der Waals surface area contributed by atoms with E-state index in [-0.39, 0.29) is 6.61 Å². The van der Waals surface area contributed by atoms with E-state index >= 15 is 0 Å². The lowest BCUT2D eigenvalue weighted by atomic mass is 9.97. The first kappa shape index (κ1) is 12.9. The molecule has 2 unspecified atom stereocenters. The molecule has 1 saturated carbocycles. The molecule has 0 spiro atoms. The van der Waals surface area contributed by atoms with Gasteiger partial charge in [0.1, 0.15) is 5.75 Å². The van der Waals surface area contributed by atoms with Crippen LogP contribution >= 0.6 is 0 Å². The Hall–Kier alpha value is -1.55. The third-order valence-corrected chi connectivity index (χ3v) is 3.51. The highest BCUT2D eigenvalue weighted by atomic mass is 16.6. The number of carbonyl (C=O) groups is 1. The maximum absolute atomic E-state index is 11.6. The molecule has 1 fully saturated rings. The van der Waals surface area contributed by atoms with Gasteiger partial charge in [0.05, 0.1) is 0 Å². The highest BCUT2D eigenvalue weighted by molar-refractivity contribution is 5.70. The van der Waals surface area contributed by atoms with Crippen molar-refractivity contribution in [2.24, 2.45) is 11.8 Å². The number of aliphatic hydroxyl groups is 1. The first-order valence-corrected chi connectivity index (χ1v) is 6.41. The molecule has 0 aliphatic heterocycles. The predicted molar refractivity (Wildman–Crippen MR) is 68.4 cm³/mol. The van der Waals surface area contributed by atoms with E-state index in [1.165, 1.54) is 0 Å². The van der Waals surface area contributed by atoms with E-state index in [1.54, 1.807) is 12.1 Å². The lowest BCUT2D eigenvalue weighted by molar-refractivity contribution is 0.180. The molecule has 1 aromatic carbocycles. The molecular formula is C14H19NO3. The summed E-state index contributed by atoms with van der Waals surface area (Å²) in [6, 6.07) is 9.00. The molecule has 4 nitrogen and oxygen atoms in total. The topological polar surface area (TPSA) is 58.6 Å². The molecule has 98 valence electrons. The Morgan fingerprint density at radius 1 is 1.28 bits per heavy atom. The first-order valence-electron chi connectivity index (χ1n) is 6.41. The second kappa shape index (κ2) is 6.40. The summed E-state index contributed by atoms with van der Waals surface area (Å²) in [6.07, 6.45) is 2.82. The van der Waals surface area contributed by atoms with Gasteiger partial charge >= 0.3 is 6.09 Å². The Morgan fingerprint density at radius 3 is 2.72 bits per heavy atom. The largest absolute Gasteiger partial charge is 0.412 e. The molecule has 2 N–H and O–H groups in total. The molecule has 1 aromatic rings. The summed E-state index contributed by atoms with van der Waals surface area (Å²) >= 11 is 0. The maximum Gasteiger partial charge on any atom is 0.412 e. The SMILES string of the molecule is O=C(NCC1CCCC1CO)Oc1ccccc1. The second-order valence-corrected chi connectivity index (χ2v) is 4.72. The van der Waals surface area contributed by atoms with E-state index in [0.717, 1.165) is 19.3 Å². The number of para-hydroxylation sites is 1. The Balaban J connectivity index is 1.75. The summed E-state index contributed by atoms with van der Waals surface area (Å²) in [7, 11) is 0. The number of benzene rings is 1. The summed E-state index contributed by atoms with van der Waals surface area (Å²) < 4.78 is 5.13. The van der Waals surface area contributed by atoms with Crippen LogP contribution < -0.4 is 10.1 Å². The minimum absolute atomic E-state index is 0.208. The van der Waals surface area contributed by atoms with Crippen LogP contribution in [0.1, 0.15) is 19.3 Å². The number of hydrogen-bond acceptors (Lipinski definition) is 3. The van der Waals surface area contributed by atoms with Gasteiger partial charge in [-0.05, 0) is 36.8 Å². The van der Waals surface area contributed by atoms with Gasteiger partial charge in [0.25, 0.3) is 0 Å². The zero-order valence-corrected chi connectivity index (χ0v) is 10.3.